The molecule has 14 heavy (non-hydrogen) atoms. The molecule has 0 bridgehead atoms. The van der Waals surface area contributed by atoms with Crippen LogP contribution in [0.1, 0.15) is 12.5 Å². The third kappa shape index (κ3) is 3.13. The summed E-state index contributed by atoms with van der Waals surface area (Å²) in [6, 6.07) is 5.26. The number of halogens is 2. The van der Waals surface area contributed by atoms with Crippen LogP contribution in [0.15, 0.2) is 22.7 Å². The minimum absolute atomic E-state index is 0.204. The van der Waals surface area contributed by atoms with Gasteiger partial charge >= 0.3 is 0 Å². The van der Waals surface area contributed by atoms with E-state index in [1.165, 1.54) is 0 Å². The molecule has 0 aromatic heterocycles. The molecule has 0 saturated carbocycles. The van der Waals surface area contributed by atoms with Crippen molar-refractivity contribution in [3.8, 4) is 11.8 Å². The Morgan fingerprint density at radius 1 is 1.50 bits per heavy atom. The molecule has 3 heteroatoms. The number of rotatable bonds is 3. The van der Waals surface area contributed by atoms with Gasteiger partial charge in [0.1, 0.15) is 5.82 Å². The molecule has 0 aliphatic heterocycles. The van der Waals surface area contributed by atoms with E-state index in [0.717, 1.165) is 0 Å². The maximum atomic E-state index is 13.4. The van der Waals surface area contributed by atoms with Gasteiger partial charge in [-0.15, -0.1) is 5.92 Å². The average molecular weight is 256 g/mol. The Bertz CT molecular complexity index is 365. The molecule has 1 aromatic carbocycles. The van der Waals surface area contributed by atoms with E-state index < -0.39 is 0 Å². The maximum absolute atomic E-state index is 13.4. The van der Waals surface area contributed by atoms with Crippen molar-refractivity contribution in [3.05, 3.63) is 34.1 Å². The van der Waals surface area contributed by atoms with Crippen LogP contribution in [0, 0.1) is 17.7 Å². The number of nitrogens with one attached hydrogen (secondary N) is 1. The van der Waals surface area contributed by atoms with E-state index in [9.17, 15) is 4.39 Å². The van der Waals surface area contributed by atoms with Gasteiger partial charge in [-0.2, -0.15) is 0 Å². The Kier molecular flexibility index (Phi) is 4.64. The van der Waals surface area contributed by atoms with Crippen LogP contribution < -0.4 is 5.32 Å². The van der Waals surface area contributed by atoms with E-state index in [-0.39, 0.29) is 5.82 Å². The maximum Gasteiger partial charge on any atom is 0.141 e. The predicted molar refractivity (Wildman–Crippen MR) is 59.3 cm³/mol. The molecule has 0 heterocycles. The fraction of sp³-hybridized carbons (Fsp3) is 0.273. The number of hydrogen-bond acceptors (Lipinski definition) is 1. The highest BCUT2D eigenvalue weighted by Gasteiger charge is 2.03. The second kappa shape index (κ2) is 5.79. The largest absolute Gasteiger partial charge is 0.302 e. The summed E-state index contributed by atoms with van der Waals surface area (Å²) in [4.78, 5) is 0. The van der Waals surface area contributed by atoms with Crippen molar-refractivity contribution in [2.75, 3.05) is 6.54 Å². The normalized spacial score (nSPS) is 9.36. The monoisotopic (exact) mass is 255 g/mol. The van der Waals surface area contributed by atoms with E-state index in [4.69, 9.17) is 0 Å². The van der Waals surface area contributed by atoms with Gasteiger partial charge in [0, 0.05) is 12.1 Å². The summed E-state index contributed by atoms with van der Waals surface area (Å²) in [7, 11) is 0. The van der Waals surface area contributed by atoms with Crippen molar-refractivity contribution in [2.45, 2.75) is 13.5 Å². The number of benzene rings is 1. The van der Waals surface area contributed by atoms with Gasteiger partial charge in [-0.3, -0.25) is 0 Å². The van der Waals surface area contributed by atoms with Crippen molar-refractivity contribution in [1.29, 1.82) is 0 Å². The Labute approximate surface area is 91.8 Å². The first kappa shape index (κ1) is 11.2. The van der Waals surface area contributed by atoms with Crippen LogP contribution in [0.4, 0.5) is 4.39 Å². The molecule has 0 radical (unpaired) electrons. The van der Waals surface area contributed by atoms with Crippen LogP contribution >= 0.6 is 15.9 Å². The third-order valence-electron chi connectivity index (χ3n) is 1.74. The van der Waals surface area contributed by atoms with Crippen LogP contribution in [0.5, 0.6) is 0 Å². The fourth-order valence-electron chi connectivity index (χ4n) is 1.03. The summed E-state index contributed by atoms with van der Waals surface area (Å²) in [5.41, 5.74) is 0.650. The molecule has 0 aliphatic rings. The lowest BCUT2D eigenvalue weighted by atomic mass is 10.2. The lowest BCUT2D eigenvalue weighted by Crippen LogP contribution is -2.14. The van der Waals surface area contributed by atoms with E-state index in [1.807, 2.05) is 6.07 Å². The lowest BCUT2D eigenvalue weighted by molar-refractivity contribution is 0.591. The molecule has 1 nitrogen and oxygen atoms in total. The highest BCUT2D eigenvalue weighted by molar-refractivity contribution is 9.10. The summed E-state index contributed by atoms with van der Waals surface area (Å²) >= 11 is 3.14. The smallest absolute Gasteiger partial charge is 0.141 e. The molecule has 1 rings (SSSR count). The fourth-order valence-corrected chi connectivity index (χ4v) is 1.44. The molecule has 0 amide bonds. The Morgan fingerprint density at radius 3 is 3.00 bits per heavy atom. The zero-order chi connectivity index (χ0) is 10.4. The first-order valence-corrected chi connectivity index (χ1v) is 5.08. The number of hydrogen-bond donors (Lipinski definition) is 1. The Hall–Kier alpha value is -0.850. The summed E-state index contributed by atoms with van der Waals surface area (Å²) in [5.74, 6) is 5.42. The molecule has 0 unspecified atom stereocenters. The average Bonchev–Trinajstić information content (AvgIpc) is 2.19. The molecule has 0 fully saturated rings. The molecule has 0 spiro atoms. The van der Waals surface area contributed by atoms with E-state index >= 15 is 0 Å². The molecule has 1 aromatic rings. The van der Waals surface area contributed by atoms with Crippen LogP contribution in [0.3, 0.4) is 0 Å². The predicted octanol–water partition coefficient (Wildman–Crippen LogP) is 2.70. The van der Waals surface area contributed by atoms with Gasteiger partial charge in [-0.05, 0) is 28.9 Å². The Balaban J connectivity index is 2.57. The minimum atomic E-state index is -0.204. The zero-order valence-corrected chi connectivity index (χ0v) is 9.49. The van der Waals surface area contributed by atoms with E-state index in [0.29, 0.717) is 23.1 Å². The summed E-state index contributed by atoms with van der Waals surface area (Å²) < 4.78 is 13.9. The van der Waals surface area contributed by atoms with Gasteiger partial charge in [-0.1, -0.05) is 18.1 Å². The van der Waals surface area contributed by atoms with Crippen molar-refractivity contribution < 1.29 is 4.39 Å². The van der Waals surface area contributed by atoms with Crippen LogP contribution in [-0.4, -0.2) is 6.54 Å². The molecule has 0 saturated heterocycles. The van der Waals surface area contributed by atoms with Gasteiger partial charge in [0.15, 0.2) is 0 Å². The summed E-state index contributed by atoms with van der Waals surface area (Å²) in [6.07, 6.45) is 0. The highest BCUT2D eigenvalue weighted by atomic mass is 79.9. The van der Waals surface area contributed by atoms with Gasteiger partial charge in [0.2, 0.25) is 0 Å². The lowest BCUT2D eigenvalue weighted by Gasteiger charge is -2.04. The molecule has 1 N–H and O–H groups in total. The topological polar surface area (TPSA) is 12.0 Å². The Morgan fingerprint density at radius 2 is 2.29 bits per heavy atom. The molecular weight excluding hydrogens is 245 g/mol. The van der Waals surface area contributed by atoms with Crippen LogP contribution in [0.25, 0.3) is 0 Å². The molecule has 0 aliphatic carbocycles. The second-order valence-corrected chi connectivity index (χ2v) is 3.60. The SMILES string of the molecule is CC#CCNCc1cccc(Br)c1F. The van der Waals surface area contributed by atoms with Crippen molar-refractivity contribution >= 4 is 15.9 Å². The first-order chi connectivity index (χ1) is 6.75. The van der Waals surface area contributed by atoms with Gasteiger partial charge in [0.25, 0.3) is 0 Å². The van der Waals surface area contributed by atoms with E-state index in [1.54, 1.807) is 19.1 Å². The summed E-state index contributed by atoms with van der Waals surface area (Å²) in [6.45, 7) is 2.86. The van der Waals surface area contributed by atoms with Crippen molar-refractivity contribution in [1.82, 2.24) is 5.32 Å². The minimum Gasteiger partial charge on any atom is -0.302 e. The first-order valence-electron chi connectivity index (χ1n) is 4.29. The van der Waals surface area contributed by atoms with Crippen molar-refractivity contribution in [3.63, 3.8) is 0 Å². The standard InChI is InChI=1S/C11H11BrFN/c1-2-3-7-14-8-9-5-4-6-10(12)11(9)13/h4-6,14H,7-8H2,1H3. The molecular formula is C11H11BrFN. The molecule has 74 valence electrons. The van der Waals surface area contributed by atoms with Gasteiger partial charge in [-0.25, -0.2) is 4.39 Å². The van der Waals surface area contributed by atoms with Gasteiger partial charge < -0.3 is 5.32 Å². The van der Waals surface area contributed by atoms with Crippen LogP contribution in [0.2, 0.25) is 0 Å². The van der Waals surface area contributed by atoms with Crippen LogP contribution in [-0.2, 0) is 6.54 Å². The quantitative estimate of drug-likeness (QED) is 0.647. The summed E-state index contributed by atoms with van der Waals surface area (Å²) in [5, 5.41) is 3.04. The second-order valence-electron chi connectivity index (χ2n) is 2.74. The highest BCUT2D eigenvalue weighted by Crippen LogP contribution is 2.18. The third-order valence-corrected chi connectivity index (χ3v) is 2.35. The zero-order valence-electron chi connectivity index (χ0n) is 7.90. The van der Waals surface area contributed by atoms with Gasteiger partial charge in [0.05, 0.1) is 11.0 Å². The van der Waals surface area contributed by atoms with Crippen molar-refractivity contribution in [2.24, 2.45) is 0 Å². The van der Waals surface area contributed by atoms with E-state index in [2.05, 4.69) is 33.1 Å². The molecule has 0 atom stereocenters.